The van der Waals surface area contributed by atoms with Crippen molar-refractivity contribution in [3.05, 3.63) is 44.9 Å². The first-order chi connectivity index (χ1) is 13.2. The molecule has 1 saturated carbocycles. The van der Waals surface area contributed by atoms with E-state index in [4.69, 9.17) is 4.74 Å². The number of sulfonamides is 1. The summed E-state index contributed by atoms with van der Waals surface area (Å²) < 4.78 is 31.9. The van der Waals surface area contributed by atoms with Crippen LogP contribution in [-0.2, 0) is 21.2 Å². The normalized spacial score (nSPS) is 14.2. The van der Waals surface area contributed by atoms with E-state index in [-0.39, 0.29) is 18.9 Å². The minimum Gasteiger partial charge on any atom is -0.453 e. The fraction of sp³-hybridized carbons (Fsp3) is 0.474. The average molecular weight is 425 g/mol. The van der Waals surface area contributed by atoms with E-state index in [1.165, 1.54) is 11.3 Å². The van der Waals surface area contributed by atoms with Crippen LogP contribution in [0.15, 0.2) is 18.2 Å². The van der Waals surface area contributed by atoms with Crippen molar-refractivity contribution in [2.24, 2.45) is 0 Å². The first kappa shape index (κ1) is 20.8. The lowest BCUT2D eigenvalue weighted by Crippen LogP contribution is -2.24. The molecule has 2 heterocycles. The Morgan fingerprint density at radius 1 is 1.29 bits per heavy atom. The molecule has 1 N–H and O–H groups in total. The molecular weight excluding hydrogens is 400 g/mol. The van der Waals surface area contributed by atoms with E-state index in [1.807, 2.05) is 19.9 Å². The highest BCUT2D eigenvalue weighted by atomic mass is 32.2. The number of aryl methyl sites for hydroxylation is 1. The highest BCUT2D eigenvalue weighted by Crippen LogP contribution is 2.38. The first-order valence-corrected chi connectivity index (χ1v) is 11.8. The molecule has 1 fully saturated rings. The maximum Gasteiger partial charge on any atom is 0.348 e. The summed E-state index contributed by atoms with van der Waals surface area (Å²) in [6.07, 6.45) is 3.86. The van der Waals surface area contributed by atoms with Gasteiger partial charge in [-0.2, -0.15) is 0 Å². The van der Waals surface area contributed by atoms with E-state index in [9.17, 15) is 18.0 Å². The maximum absolute atomic E-state index is 12.5. The van der Waals surface area contributed by atoms with Gasteiger partial charge in [0.25, 0.3) is 0 Å². The Balaban J connectivity index is 1.54. The zero-order valence-corrected chi connectivity index (χ0v) is 17.8. The van der Waals surface area contributed by atoms with Crippen LogP contribution >= 0.6 is 11.3 Å². The van der Waals surface area contributed by atoms with Crippen molar-refractivity contribution >= 4 is 33.1 Å². The third-order valence-electron chi connectivity index (χ3n) is 4.63. The van der Waals surface area contributed by atoms with Crippen LogP contribution < -0.4 is 4.72 Å². The zero-order valence-electron chi connectivity index (χ0n) is 16.1. The zero-order chi connectivity index (χ0) is 20.5. The number of ketones is 1. The van der Waals surface area contributed by atoms with Crippen LogP contribution in [0.3, 0.4) is 0 Å². The Morgan fingerprint density at radius 3 is 2.64 bits per heavy atom. The monoisotopic (exact) mass is 424 g/mol. The standard InChI is InChI=1S/C19H24N2O5S2/c1-12-10-16(13(2)21(12)14-4-5-14)17(22)11-26-19(23)18-7-6-15(27-18)8-9-20-28(3,24)25/h6-7,10,14,20H,4-5,8-9,11H2,1-3H3. The molecule has 0 bridgehead atoms. The molecule has 0 amide bonds. The summed E-state index contributed by atoms with van der Waals surface area (Å²) in [5.41, 5.74) is 2.59. The molecule has 0 saturated heterocycles. The Hall–Kier alpha value is -1.97. The third-order valence-corrected chi connectivity index (χ3v) is 6.48. The third kappa shape index (κ3) is 5.09. The highest BCUT2D eigenvalue weighted by Gasteiger charge is 2.28. The molecule has 152 valence electrons. The van der Waals surface area contributed by atoms with E-state index in [1.54, 1.807) is 12.1 Å². The SMILES string of the molecule is Cc1cc(C(=O)COC(=O)c2ccc(CCNS(C)(=O)=O)s2)c(C)n1C1CC1. The number of Topliss-reactive ketones (excluding diaryl/α,β-unsaturated/α-hetero) is 1. The molecule has 0 atom stereocenters. The van der Waals surface area contributed by atoms with Gasteiger partial charge in [-0.15, -0.1) is 11.3 Å². The minimum absolute atomic E-state index is 0.206. The number of hydrogen-bond acceptors (Lipinski definition) is 6. The second kappa shape index (κ2) is 8.18. The van der Waals surface area contributed by atoms with Gasteiger partial charge in [0.05, 0.1) is 6.26 Å². The van der Waals surface area contributed by atoms with Crippen LogP contribution in [-0.4, -0.2) is 44.1 Å². The Bertz CT molecular complexity index is 1000. The van der Waals surface area contributed by atoms with Gasteiger partial charge in [-0.05, 0) is 51.3 Å². The van der Waals surface area contributed by atoms with Crippen LogP contribution in [0.4, 0.5) is 0 Å². The first-order valence-electron chi connectivity index (χ1n) is 9.08. The van der Waals surface area contributed by atoms with Crippen molar-refractivity contribution in [1.82, 2.24) is 9.29 Å². The highest BCUT2D eigenvalue weighted by molar-refractivity contribution is 7.88. The second-order valence-corrected chi connectivity index (χ2v) is 10.1. The van der Waals surface area contributed by atoms with Crippen LogP contribution in [0, 0.1) is 13.8 Å². The Labute approximate surface area is 168 Å². The summed E-state index contributed by atoms with van der Waals surface area (Å²) in [6, 6.07) is 5.75. The van der Waals surface area contributed by atoms with Crippen molar-refractivity contribution in [3.63, 3.8) is 0 Å². The number of ether oxygens (including phenoxy) is 1. The molecule has 0 aliphatic heterocycles. The summed E-state index contributed by atoms with van der Waals surface area (Å²) in [6.45, 7) is 3.88. The summed E-state index contributed by atoms with van der Waals surface area (Å²) in [5, 5.41) is 0. The Morgan fingerprint density at radius 2 is 2.00 bits per heavy atom. The molecule has 2 aromatic heterocycles. The fourth-order valence-electron chi connectivity index (χ4n) is 3.22. The summed E-state index contributed by atoms with van der Waals surface area (Å²) in [4.78, 5) is 26.0. The molecule has 0 unspecified atom stereocenters. The number of thiophene rings is 1. The topological polar surface area (TPSA) is 94.5 Å². The molecule has 0 spiro atoms. The van der Waals surface area contributed by atoms with Gasteiger partial charge in [-0.3, -0.25) is 4.79 Å². The van der Waals surface area contributed by atoms with Gasteiger partial charge in [0.15, 0.2) is 6.61 Å². The minimum atomic E-state index is -3.23. The number of hydrogen-bond donors (Lipinski definition) is 1. The van der Waals surface area contributed by atoms with E-state index < -0.39 is 16.0 Å². The quantitative estimate of drug-likeness (QED) is 0.493. The largest absolute Gasteiger partial charge is 0.453 e. The molecule has 2 aromatic rings. The van der Waals surface area contributed by atoms with Crippen molar-refractivity contribution in [3.8, 4) is 0 Å². The Kier molecular flexibility index (Phi) is 6.07. The predicted octanol–water partition coefficient (Wildman–Crippen LogP) is 2.63. The van der Waals surface area contributed by atoms with Crippen molar-refractivity contribution in [2.75, 3.05) is 19.4 Å². The summed E-state index contributed by atoms with van der Waals surface area (Å²) in [5.74, 6) is -0.751. The molecule has 3 rings (SSSR count). The predicted molar refractivity (Wildman–Crippen MR) is 108 cm³/mol. The smallest absolute Gasteiger partial charge is 0.348 e. The molecule has 9 heteroatoms. The maximum atomic E-state index is 12.5. The molecule has 7 nitrogen and oxygen atoms in total. The van der Waals surface area contributed by atoms with Crippen LogP contribution in [0.5, 0.6) is 0 Å². The summed E-state index contributed by atoms with van der Waals surface area (Å²) in [7, 11) is -3.23. The van der Waals surface area contributed by atoms with Gasteiger partial charge in [-0.1, -0.05) is 0 Å². The van der Waals surface area contributed by atoms with E-state index >= 15 is 0 Å². The number of aromatic nitrogens is 1. The number of carbonyl (C=O) groups excluding carboxylic acids is 2. The number of nitrogens with one attached hydrogen (secondary N) is 1. The number of esters is 1. The van der Waals surface area contributed by atoms with Gasteiger partial charge < -0.3 is 9.30 Å². The lowest BCUT2D eigenvalue weighted by atomic mass is 10.1. The fourth-order valence-corrected chi connectivity index (χ4v) is 4.59. The van der Waals surface area contributed by atoms with Crippen molar-refractivity contribution in [1.29, 1.82) is 0 Å². The second-order valence-electron chi connectivity index (χ2n) is 7.07. The number of nitrogens with zero attached hydrogens (tertiary/aromatic N) is 1. The van der Waals surface area contributed by atoms with Gasteiger partial charge in [0.1, 0.15) is 4.88 Å². The van der Waals surface area contributed by atoms with Crippen LogP contribution in [0.25, 0.3) is 0 Å². The van der Waals surface area contributed by atoms with Gasteiger partial charge in [-0.25, -0.2) is 17.9 Å². The molecular formula is C19H24N2O5S2. The van der Waals surface area contributed by atoms with Crippen molar-refractivity contribution in [2.45, 2.75) is 39.2 Å². The van der Waals surface area contributed by atoms with Gasteiger partial charge >= 0.3 is 5.97 Å². The number of rotatable bonds is 9. The average Bonchev–Trinajstić information content (AvgIpc) is 3.24. The lowest BCUT2D eigenvalue weighted by molar-refractivity contribution is 0.0479. The van der Waals surface area contributed by atoms with E-state index in [0.29, 0.717) is 22.9 Å². The van der Waals surface area contributed by atoms with E-state index in [0.717, 1.165) is 35.4 Å². The molecule has 1 aliphatic carbocycles. The lowest BCUT2D eigenvalue weighted by Gasteiger charge is -2.07. The number of carbonyl (C=O) groups is 2. The molecule has 28 heavy (non-hydrogen) atoms. The van der Waals surface area contributed by atoms with Crippen molar-refractivity contribution < 1.29 is 22.7 Å². The molecule has 1 aliphatic rings. The van der Waals surface area contributed by atoms with Crippen LogP contribution in [0.2, 0.25) is 0 Å². The van der Waals surface area contributed by atoms with Gasteiger partial charge in [0, 0.05) is 34.4 Å². The summed E-state index contributed by atoms with van der Waals surface area (Å²) >= 11 is 1.24. The molecule has 0 aromatic carbocycles. The van der Waals surface area contributed by atoms with Crippen LogP contribution in [0.1, 0.15) is 55.2 Å². The molecule has 0 radical (unpaired) electrons. The van der Waals surface area contributed by atoms with E-state index in [2.05, 4.69) is 9.29 Å². The van der Waals surface area contributed by atoms with Gasteiger partial charge in [0.2, 0.25) is 15.8 Å².